The molecule has 0 aliphatic carbocycles. The first-order chi connectivity index (χ1) is 16.5. The van der Waals surface area contributed by atoms with E-state index in [1.54, 1.807) is 24.5 Å². The van der Waals surface area contributed by atoms with Crippen LogP contribution in [0.4, 0.5) is 15.1 Å². The molecule has 34 heavy (non-hydrogen) atoms. The van der Waals surface area contributed by atoms with Crippen LogP contribution in [0.15, 0.2) is 35.7 Å². The van der Waals surface area contributed by atoms with Crippen LogP contribution < -0.4 is 16.0 Å². The molecule has 2 aromatic rings. The molecular formula is C22H25FN8O3. The van der Waals surface area contributed by atoms with Gasteiger partial charge >= 0.3 is 6.09 Å². The van der Waals surface area contributed by atoms with E-state index in [1.165, 1.54) is 6.07 Å². The summed E-state index contributed by atoms with van der Waals surface area (Å²) in [6, 6.07) is 6.79. The first kappa shape index (κ1) is 24.4. The molecule has 0 atom stereocenters. The fraction of sp³-hybridized carbons (Fsp3) is 0.364. The van der Waals surface area contributed by atoms with Gasteiger partial charge in [-0.15, -0.1) is 0 Å². The lowest BCUT2D eigenvalue weighted by Crippen LogP contribution is -2.36. The van der Waals surface area contributed by atoms with Gasteiger partial charge in [-0.05, 0) is 6.42 Å². The van der Waals surface area contributed by atoms with Crippen LogP contribution in [-0.2, 0) is 16.2 Å². The van der Waals surface area contributed by atoms with Crippen molar-refractivity contribution in [1.82, 2.24) is 15.3 Å². The summed E-state index contributed by atoms with van der Waals surface area (Å²) in [5.41, 5.74) is 6.95. The largest absolute Gasteiger partial charge is 0.444 e. The average molecular weight is 468 g/mol. The summed E-state index contributed by atoms with van der Waals surface area (Å²) in [5.74, 6) is -0.573. The van der Waals surface area contributed by atoms with Gasteiger partial charge in [0.15, 0.2) is 5.96 Å². The first-order valence-electron chi connectivity index (χ1n) is 10.6. The predicted octanol–water partition coefficient (Wildman–Crippen LogP) is 2.68. The number of amides is 1. The number of guanidine groups is 1. The van der Waals surface area contributed by atoms with E-state index in [2.05, 4.69) is 21.2 Å². The lowest BCUT2D eigenvalue weighted by molar-refractivity contribution is 0.141. The monoisotopic (exact) mass is 468 g/mol. The Morgan fingerprint density at radius 1 is 1.32 bits per heavy atom. The third-order valence-electron chi connectivity index (χ3n) is 4.96. The van der Waals surface area contributed by atoms with Crippen LogP contribution >= 0.6 is 0 Å². The van der Waals surface area contributed by atoms with Gasteiger partial charge in [0.25, 0.3) is 0 Å². The lowest BCUT2D eigenvalue weighted by Gasteiger charge is -2.27. The number of nitrogens with two attached hydrogens (primary N) is 1. The topological polar surface area (TPSA) is 163 Å². The molecule has 0 spiro atoms. The van der Waals surface area contributed by atoms with Crippen LogP contribution in [-0.4, -0.2) is 47.4 Å². The number of hydrogen-bond acceptors (Lipinski definition) is 9. The maximum atomic E-state index is 15.0. The summed E-state index contributed by atoms with van der Waals surface area (Å²) in [6.45, 7) is 1.48. The number of carbonyl (C=O) groups excluding carboxylic acids is 1. The van der Waals surface area contributed by atoms with Crippen molar-refractivity contribution >= 4 is 23.7 Å². The number of hydrogen-bond donors (Lipinski definition) is 3. The third kappa shape index (κ3) is 6.86. The molecule has 178 valence electrons. The van der Waals surface area contributed by atoms with Gasteiger partial charge in [-0.2, -0.15) is 5.26 Å². The summed E-state index contributed by atoms with van der Waals surface area (Å²) < 4.78 is 19.8. The molecule has 1 saturated heterocycles. The number of oxime groups is 1. The van der Waals surface area contributed by atoms with E-state index in [1.807, 2.05) is 10.2 Å². The second-order valence-electron chi connectivity index (χ2n) is 7.40. The van der Waals surface area contributed by atoms with Crippen LogP contribution in [0.25, 0.3) is 11.1 Å². The van der Waals surface area contributed by atoms with Gasteiger partial charge in [-0.1, -0.05) is 23.4 Å². The molecule has 1 aliphatic rings. The normalized spacial score (nSPS) is 13.1. The molecule has 3 rings (SSSR count). The zero-order chi connectivity index (χ0) is 24.3. The minimum atomic E-state index is -0.940. The summed E-state index contributed by atoms with van der Waals surface area (Å²) in [4.78, 5) is 27.5. The Hall–Kier alpha value is -4.27. The van der Waals surface area contributed by atoms with Crippen LogP contribution in [0.1, 0.15) is 31.2 Å². The molecule has 0 radical (unpaired) electrons. The SMILES string of the molecule is N#CCCCON=C1CCN(c2ncc(-c3cccc(COC(=O)NC(=N)N)c3F)cn2)CC1. The Balaban J connectivity index is 1.58. The van der Waals surface area contributed by atoms with Gasteiger partial charge < -0.3 is 20.2 Å². The lowest BCUT2D eigenvalue weighted by atomic mass is 10.1. The highest BCUT2D eigenvalue weighted by Gasteiger charge is 2.19. The molecule has 11 nitrogen and oxygen atoms in total. The summed E-state index contributed by atoms with van der Waals surface area (Å²) in [6.07, 6.45) is 4.71. The summed E-state index contributed by atoms with van der Waals surface area (Å²) in [5, 5.41) is 21.6. The van der Waals surface area contributed by atoms with E-state index in [0.29, 0.717) is 44.0 Å². The number of nitrogens with one attached hydrogen (secondary N) is 2. The van der Waals surface area contributed by atoms with E-state index >= 15 is 0 Å². The zero-order valence-electron chi connectivity index (χ0n) is 18.5. The molecule has 1 aromatic carbocycles. The minimum absolute atomic E-state index is 0.165. The molecule has 0 unspecified atom stereocenters. The van der Waals surface area contributed by atoms with Crippen LogP contribution in [0, 0.1) is 22.6 Å². The second kappa shape index (κ2) is 12.1. The Morgan fingerprint density at radius 2 is 2.06 bits per heavy atom. The number of unbranched alkanes of at least 4 members (excludes halogenated alkanes) is 1. The number of nitrogens with zero attached hydrogens (tertiary/aromatic N) is 5. The number of benzene rings is 1. The predicted molar refractivity (Wildman–Crippen MR) is 122 cm³/mol. The Labute approximate surface area is 195 Å². The number of aromatic nitrogens is 2. The second-order valence-corrected chi connectivity index (χ2v) is 7.40. The van der Waals surface area contributed by atoms with Crippen molar-refractivity contribution in [2.24, 2.45) is 10.9 Å². The number of carbonyl (C=O) groups is 1. The van der Waals surface area contributed by atoms with Gasteiger partial charge in [-0.3, -0.25) is 10.7 Å². The molecule has 0 bridgehead atoms. The fourth-order valence-electron chi connectivity index (χ4n) is 3.24. The zero-order valence-corrected chi connectivity index (χ0v) is 18.5. The van der Waals surface area contributed by atoms with Crippen LogP contribution in [0.5, 0.6) is 0 Å². The molecular weight excluding hydrogens is 443 g/mol. The molecule has 1 amide bonds. The van der Waals surface area contributed by atoms with Crippen molar-refractivity contribution in [3.63, 3.8) is 0 Å². The van der Waals surface area contributed by atoms with Gasteiger partial charge in [0.1, 0.15) is 19.0 Å². The van der Waals surface area contributed by atoms with Crippen molar-refractivity contribution in [3.05, 3.63) is 42.0 Å². The van der Waals surface area contributed by atoms with Crippen molar-refractivity contribution in [3.8, 4) is 17.2 Å². The summed E-state index contributed by atoms with van der Waals surface area (Å²) in [7, 11) is 0. The van der Waals surface area contributed by atoms with E-state index < -0.39 is 17.9 Å². The van der Waals surface area contributed by atoms with E-state index in [9.17, 15) is 9.18 Å². The Kier molecular flexibility index (Phi) is 8.67. The highest BCUT2D eigenvalue weighted by atomic mass is 19.1. The van der Waals surface area contributed by atoms with Gasteiger partial charge in [0.2, 0.25) is 5.95 Å². The van der Waals surface area contributed by atoms with E-state index in [4.69, 9.17) is 26.0 Å². The molecule has 0 saturated carbocycles. The molecule has 4 N–H and O–H groups in total. The molecule has 1 aromatic heterocycles. The van der Waals surface area contributed by atoms with Crippen molar-refractivity contribution < 1.29 is 18.8 Å². The van der Waals surface area contributed by atoms with Crippen LogP contribution in [0.2, 0.25) is 0 Å². The van der Waals surface area contributed by atoms with E-state index in [-0.39, 0.29) is 17.7 Å². The average Bonchev–Trinajstić information content (AvgIpc) is 2.83. The third-order valence-corrected chi connectivity index (χ3v) is 4.96. The number of rotatable bonds is 8. The number of piperidine rings is 1. The summed E-state index contributed by atoms with van der Waals surface area (Å²) >= 11 is 0. The molecule has 12 heteroatoms. The van der Waals surface area contributed by atoms with Crippen molar-refractivity contribution in [2.75, 3.05) is 24.6 Å². The number of alkyl carbamates (subject to hydrolysis) is 1. The smallest absolute Gasteiger partial charge is 0.414 e. The van der Waals surface area contributed by atoms with Crippen LogP contribution in [0.3, 0.4) is 0 Å². The van der Waals surface area contributed by atoms with Gasteiger partial charge in [0.05, 0.1) is 11.8 Å². The van der Waals surface area contributed by atoms with Gasteiger partial charge in [0, 0.05) is 61.4 Å². The quantitative estimate of drug-likeness (QED) is 0.230. The van der Waals surface area contributed by atoms with Crippen molar-refractivity contribution in [1.29, 1.82) is 10.7 Å². The number of nitriles is 1. The Bertz CT molecular complexity index is 1070. The molecule has 1 fully saturated rings. The fourth-order valence-corrected chi connectivity index (χ4v) is 3.24. The van der Waals surface area contributed by atoms with Gasteiger partial charge in [-0.25, -0.2) is 19.2 Å². The minimum Gasteiger partial charge on any atom is -0.444 e. The Morgan fingerprint density at radius 3 is 2.74 bits per heavy atom. The number of ether oxygens (including phenoxy) is 1. The maximum absolute atomic E-state index is 15.0. The van der Waals surface area contributed by atoms with Crippen molar-refractivity contribution in [2.45, 2.75) is 32.3 Å². The highest BCUT2D eigenvalue weighted by molar-refractivity contribution is 5.90. The molecule has 1 aliphatic heterocycles. The standard InChI is InChI=1S/C22H25FN8O3/c23-19-15(14-33-22(32)29-20(25)26)4-3-5-18(19)16-12-27-21(28-13-16)31-9-6-17(7-10-31)30-34-11-2-1-8-24/h3-5,12-13H,1-2,6-7,9-11,14H2,(H4,25,26,29,32). The molecule has 2 heterocycles. The maximum Gasteiger partial charge on any atom is 0.414 e. The number of anilines is 1. The highest BCUT2D eigenvalue weighted by Crippen LogP contribution is 2.25. The first-order valence-corrected chi connectivity index (χ1v) is 10.6. The number of halogens is 1. The van der Waals surface area contributed by atoms with E-state index in [0.717, 1.165) is 18.6 Å².